The Labute approximate surface area is 123 Å². The summed E-state index contributed by atoms with van der Waals surface area (Å²) in [4.78, 5) is 4.32. The lowest BCUT2D eigenvalue weighted by molar-refractivity contribution is 0.344. The fraction of sp³-hybridized carbons (Fsp3) is 0.188. The first-order valence-electron chi connectivity index (χ1n) is 6.45. The predicted octanol–water partition coefficient (Wildman–Crippen LogP) is 3.75. The third-order valence-corrected chi connectivity index (χ3v) is 3.34. The molecule has 0 aliphatic heterocycles. The smallest absolute Gasteiger partial charge is 0.159 e. The van der Waals surface area contributed by atoms with Crippen LogP contribution in [-0.4, -0.2) is 17.5 Å². The van der Waals surface area contributed by atoms with Gasteiger partial charge in [-0.15, -0.1) is 0 Å². The zero-order valence-corrected chi connectivity index (χ0v) is 12.3. The second kappa shape index (κ2) is 7.60. The number of hydrogen-bond donors (Lipinski definition) is 1. The minimum Gasteiger partial charge on any atom is -0.493 e. The number of benzene rings is 2. The molecule has 4 heteroatoms. The van der Waals surface area contributed by atoms with Gasteiger partial charge in [-0.1, -0.05) is 42.1 Å². The minimum atomic E-state index is 0.559. The molecule has 2 aromatic carbocycles. The molecule has 0 fully saturated rings. The van der Waals surface area contributed by atoms with Gasteiger partial charge >= 0.3 is 0 Å². The van der Waals surface area contributed by atoms with E-state index < -0.39 is 0 Å². The molecule has 0 spiro atoms. The van der Waals surface area contributed by atoms with Gasteiger partial charge < -0.3 is 10.5 Å². The van der Waals surface area contributed by atoms with Crippen molar-refractivity contribution in [3.05, 3.63) is 60.2 Å². The van der Waals surface area contributed by atoms with Crippen molar-refractivity contribution in [2.75, 3.05) is 12.4 Å². The number of nitrogens with two attached hydrogens (primary N) is 1. The summed E-state index contributed by atoms with van der Waals surface area (Å²) < 4.78 is 5.66. The number of nitrogens with zero attached hydrogens (tertiary/aromatic N) is 1. The van der Waals surface area contributed by atoms with Crippen LogP contribution in [0, 0.1) is 6.92 Å². The van der Waals surface area contributed by atoms with Crippen molar-refractivity contribution in [1.29, 1.82) is 0 Å². The molecule has 104 valence electrons. The monoisotopic (exact) mass is 286 g/mol. The molecule has 0 aliphatic rings. The number of amidine groups is 1. The van der Waals surface area contributed by atoms with Crippen LogP contribution in [0.15, 0.2) is 59.6 Å². The van der Waals surface area contributed by atoms with Crippen LogP contribution < -0.4 is 10.5 Å². The lowest BCUT2D eigenvalue weighted by Gasteiger charge is -2.06. The Morgan fingerprint density at radius 3 is 2.70 bits per heavy atom. The van der Waals surface area contributed by atoms with E-state index in [4.69, 9.17) is 10.5 Å². The summed E-state index contributed by atoms with van der Waals surface area (Å²) in [6.45, 7) is 2.66. The van der Waals surface area contributed by atoms with Gasteiger partial charge in [0.1, 0.15) is 5.75 Å². The number of aryl methyl sites for hydroxylation is 1. The molecule has 0 aromatic heterocycles. The molecule has 0 radical (unpaired) electrons. The van der Waals surface area contributed by atoms with Gasteiger partial charge in [0, 0.05) is 5.75 Å². The Morgan fingerprint density at radius 2 is 1.95 bits per heavy atom. The molecular weight excluding hydrogens is 268 g/mol. The summed E-state index contributed by atoms with van der Waals surface area (Å²) in [5, 5.41) is 0.559. The maximum absolute atomic E-state index is 5.87. The molecule has 20 heavy (non-hydrogen) atoms. The quantitative estimate of drug-likeness (QED) is 0.517. The first-order valence-corrected chi connectivity index (χ1v) is 7.44. The Hall–Kier alpha value is -1.94. The summed E-state index contributed by atoms with van der Waals surface area (Å²) in [5.74, 6) is 1.67. The largest absolute Gasteiger partial charge is 0.493 e. The standard InChI is InChI=1S/C16H18N2OS/c1-13-6-5-9-15(12-13)19-10-11-20-16(17)18-14-7-3-2-4-8-14/h2-9,12H,10-11H2,1H3,(H2,17,18). The van der Waals surface area contributed by atoms with Gasteiger partial charge in [0.05, 0.1) is 12.3 Å². The van der Waals surface area contributed by atoms with Crippen LogP contribution in [0.25, 0.3) is 0 Å². The molecule has 0 aliphatic carbocycles. The van der Waals surface area contributed by atoms with Crippen molar-refractivity contribution < 1.29 is 4.74 Å². The fourth-order valence-electron chi connectivity index (χ4n) is 1.67. The van der Waals surface area contributed by atoms with Crippen molar-refractivity contribution in [2.24, 2.45) is 10.7 Å². The molecule has 0 bridgehead atoms. The Morgan fingerprint density at radius 1 is 1.15 bits per heavy atom. The first kappa shape index (κ1) is 14.5. The molecule has 2 rings (SSSR count). The van der Waals surface area contributed by atoms with Gasteiger partial charge in [0.25, 0.3) is 0 Å². The average Bonchev–Trinajstić information content (AvgIpc) is 2.45. The maximum Gasteiger partial charge on any atom is 0.159 e. The van der Waals surface area contributed by atoms with E-state index >= 15 is 0 Å². The Balaban J connectivity index is 1.74. The highest BCUT2D eigenvalue weighted by molar-refractivity contribution is 8.13. The van der Waals surface area contributed by atoms with Crippen molar-refractivity contribution in [1.82, 2.24) is 0 Å². The predicted molar refractivity (Wildman–Crippen MR) is 86.9 cm³/mol. The number of para-hydroxylation sites is 1. The number of aliphatic imine (C=N–C) groups is 1. The molecule has 0 saturated carbocycles. The van der Waals surface area contributed by atoms with Gasteiger partial charge in [-0.2, -0.15) is 0 Å². The summed E-state index contributed by atoms with van der Waals surface area (Å²) in [5.41, 5.74) is 7.93. The lowest BCUT2D eigenvalue weighted by atomic mass is 10.2. The van der Waals surface area contributed by atoms with Crippen molar-refractivity contribution in [3.63, 3.8) is 0 Å². The zero-order chi connectivity index (χ0) is 14.2. The topological polar surface area (TPSA) is 47.6 Å². The third-order valence-electron chi connectivity index (χ3n) is 2.59. The van der Waals surface area contributed by atoms with E-state index in [1.807, 2.05) is 61.5 Å². The van der Waals surface area contributed by atoms with Crippen molar-refractivity contribution in [3.8, 4) is 5.75 Å². The van der Waals surface area contributed by atoms with E-state index in [0.717, 1.165) is 17.2 Å². The van der Waals surface area contributed by atoms with E-state index in [-0.39, 0.29) is 0 Å². The molecule has 0 heterocycles. The van der Waals surface area contributed by atoms with Gasteiger partial charge in [-0.3, -0.25) is 0 Å². The number of rotatable bonds is 5. The molecule has 2 aromatic rings. The van der Waals surface area contributed by atoms with Crippen molar-refractivity contribution in [2.45, 2.75) is 6.92 Å². The van der Waals surface area contributed by atoms with Crippen molar-refractivity contribution >= 4 is 22.6 Å². The van der Waals surface area contributed by atoms with E-state index in [1.54, 1.807) is 0 Å². The normalized spacial score (nSPS) is 11.3. The number of thioether (sulfide) groups is 1. The van der Waals surface area contributed by atoms with Crippen LogP contribution in [-0.2, 0) is 0 Å². The third kappa shape index (κ3) is 4.97. The molecule has 0 amide bonds. The van der Waals surface area contributed by atoms with Crippen LogP contribution in [0.3, 0.4) is 0 Å². The number of ether oxygens (including phenoxy) is 1. The van der Waals surface area contributed by atoms with Gasteiger partial charge in [-0.05, 0) is 36.8 Å². The van der Waals surface area contributed by atoms with Gasteiger partial charge in [-0.25, -0.2) is 4.99 Å². The highest BCUT2D eigenvalue weighted by atomic mass is 32.2. The first-order chi connectivity index (χ1) is 9.74. The Bertz CT molecular complexity index is 570. The van der Waals surface area contributed by atoms with Gasteiger partial charge in [0.15, 0.2) is 5.17 Å². The minimum absolute atomic E-state index is 0.559. The summed E-state index contributed by atoms with van der Waals surface area (Å²) >= 11 is 1.50. The average molecular weight is 286 g/mol. The fourth-order valence-corrected chi connectivity index (χ4v) is 2.22. The second-order valence-electron chi connectivity index (χ2n) is 4.30. The van der Waals surface area contributed by atoms with E-state index in [1.165, 1.54) is 17.3 Å². The molecule has 0 saturated heterocycles. The SMILES string of the molecule is Cc1cccc(OCCSC(N)=Nc2ccccc2)c1. The van der Waals surface area contributed by atoms with Gasteiger partial charge in [0.2, 0.25) is 0 Å². The highest BCUT2D eigenvalue weighted by Gasteiger charge is 1.97. The van der Waals surface area contributed by atoms with Crippen LogP contribution in [0.4, 0.5) is 5.69 Å². The van der Waals surface area contributed by atoms with E-state index in [2.05, 4.69) is 4.99 Å². The van der Waals surface area contributed by atoms with Crippen LogP contribution in [0.1, 0.15) is 5.56 Å². The molecule has 0 unspecified atom stereocenters. The Kier molecular flexibility index (Phi) is 5.50. The maximum atomic E-state index is 5.87. The second-order valence-corrected chi connectivity index (χ2v) is 5.41. The summed E-state index contributed by atoms with van der Waals surface area (Å²) in [6, 6.07) is 17.7. The van der Waals surface area contributed by atoms with Crippen LogP contribution in [0.5, 0.6) is 5.75 Å². The molecule has 0 atom stereocenters. The van der Waals surface area contributed by atoms with E-state index in [0.29, 0.717) is 11.8 Å². The van der Waals surface area contributed by atoms with Crippen LogP contribution in [0.2, 0.25) is 0 Å². The van der Waals surface area contributed by atoms with E-state index in [9.17, 15) is 0 Å². The molecular formula is C16H18N2OS. The highest BCUT2D eigenvalue weighted by Crippen LogP contribution is 2.14. The molecule has 3 nitrogen and oxygen atoms in total. The van der Waals surface area contributed by atoms with Crippen LogP contribution >= 0.6 is 11.8 Å². The number of hydrogen-bond acceptors (Lipinski definition) is 3. The summed E-state index contributed by atoms with van der Waals surface area (Å²) in [6.07, 6.45) is 0. The lowest BCUT2D eigenvalue weighted by Crippen LogP contribution is -2.10. The molecule has 2 N–H and O–H groups in total. The zero-order valence-electron chi connectivity index (χ0n) is 11.5. The summed E-state index contributed by atoms with van der Waals surface area (Å²) in [7, 11) is 0.